The number of carbonyl (C=O) groups is 1. The van der Waals surface area contributed by atoms with Gasteiger partial charge in [-0.05, 0) is 47.7 Å². The smallest absolute Gasteiger partial charge is 0.266 e. The Morgan fingerprint density at radius 1 is 1.14 bits per heavy atom. The lowest BCUT2D eigenvalue weighted by atomic mass is 9.86. The zero-order valence-electron chi connectivity index (χ0n) is 17.1. The lowest BCUT2D eigenvalue weighted by Gasteiger charge is -2.38. The van der Waals surface area contributed by atoms with E-state index in [1.54, 1.807) is 0 Å². The molecule has 2 aromatic carbocycles. The molecule has 1 unspecified atom stereocenters. The summed E-state index contributed by atoms with van der Waals surface area (Å²) < 4.78 is 5.52. The quantitative estimate of drug-likeness (QED) is 0.722. The maximum absolute atomic E-state index is 12.5. The van der Waals surface area contributed by atoms with Crippen LogP contribution in [0.3, 0.4) is 0 Å². The molecule has 29 heavy (non-hydrogen) atoms. The number of hydrogen-bond donors (Lipinski definition) is 2. The van der Waals surface area contributed by atoms with Gasteiger partial charge in [-0.1, -0.05) is 45.0 Å². The topological polar surface area (TPSA) is 65.4 Å². The number of benzene rings is 2. The summed E-state index contributed by atoms with van der Waals surface area (Å²) >= 11 is 4.54. The fourth-order valence-electron chi connectivity index (χ4n) is 3.24. The number of nitrogens with one attached hydrogen (secondary N) is 1. The normalized spacial score (nSPS) is 17.0. The van der Waals surface area contributed by atoms with Crippen LogP contribution >= 0.6 is 12.6 Å². The number of amides is 1. The summed E-state index contributed by atoms with van der Waals surface area (Å²) in [7, 11) is 0. The Hall–Kier alpha value is -2.91. The van der Waals surface area contributed by atoms with E-state index in [1.165, 1.54) is 5.56 Å². The van der Waals surface area contributed by atoms with Crippen molar-refractivity contribution in [2.75, 3.05) is 11.5 Å². The van der Waals surface area contributed by atoms with Gasteiger partial charge in [0.05, 0.1) is 11.6 Å². The highest BCUT2D eigenvalue weighted by atomic mass is 32.1. The van der Waals surface area contributed by atoms with Crippen molar-refractivity contribution in [1.82, 2.24) is 5.32 Å². The predicted octanol–water partition coefficient (Wildman–Crippen LogP) is 4.68. The maximum Gasteiger partial charge on any atom is 0.266 e. The summed E-state index contributed by atoms with van der Waals surface area (Å²) in [5, 5.41) is 12.7. The predicted molar refractivity (Wildman–Crippen MR) is 118 cm³/mol. The first-order valence-corrected chi connectivity index (χ1v) is 9.97. The molecule has 6 heteroatoms. The van der Waals surface area contributed by atoms with E-state index in [4.69, 9.17) is 4.74 Å². The van der Waals surface area contributed by atoms with Gasteiger partial charge in [-0.2, -0.15) is 5.26 Å². The molecular weight excluding hydrogens is 382 g/mol. The number of hydrogen-bond acceptors (Lipinski definition) is 5. The zero-order chi connectivity index (χ0) is 21.2. The summed E-state index contributed by atoms with van der Waals surface area (Å²) in [6.45, 7) is 8.98. The summed E-state index contributed by atoms with van der Waals surface area (Å²) in [4.78, 5) is 14.3. The van der Waals surface area contributed by atoms with Crippen LogP contribution in [-0.4, -0.2) is 12.5 Å². The Kier molecular flexibility index (Phi) is 5.90. The monoisotopic (exact) mass is 407 g/mol. The summed E-state index contributed by atoms with van der Waals surface area (Å²) in [5.74, 6) is 0.332. The van der Waals surface area contributed by atoms with Gasteiger partial charge in [0, 0.05) is 5.69 Å². The molecule has 0 fully saturated rings. The Balaban J connectivity index is 2.05. The first kappa shape index (κ1) is 20.8. The van der Waals surface area contributed by atoms with Gasteiger partial charge in [-0.15, -0.1) is 12.6 Å². The van der Waals surface area contributed by atoms with E-state index in [-0.39, 0.29) is 11.0 Å². The van der Waals surface area contributed by atoms with Gasteiger partial charge in [-0.25, -0.2) is 0 Å². The largest absolute Gasteiger partial charge is 0.494 e. The van der Waals surface area contributed by atoms with Crippen LogP contribution in [0, 0.1) is 11.3 Å². The van der Waals surface area contributed by atoms with Crippen LogP contribution in [0.25, 0.3) is 0 Å². The SMILES string of the molecule is CCOc1ccc(N2C(S)=C(C#N)C(=O)NC2c2ccc(C(C)(C)C)cc2)cc1. The van der Waals surface area contributed by atoms with Crippen LogP contribution in [-0.2, 0) is 10.2 Å². The molecule has 0 saturated heterocycles. The van der Waals surface area contributed by atoms with Gasteiger partial charge in [0.15, 0.2) is 0 Å². The van der Waals surface area contributed by atoms with E-state index < -0.39 is 12.1 Å². The van der Waals surface area contributed by atoms with Crippen molar-refractivity contribution in [2.45, 2.75) is 39.3 Å². The van der Waals surface area contributed by atoms with E-state index in [0.29, 0.717) is 11.6 Å². The Morgan fingerprint density at radius 3 is 2.28 bits per heavy atom. The van der Waals surface area contributed by atoms with E-state index >= 15 is 0 Å². The van der Waals surface area contributed by atoms with Gasteiger partial charge < -0.3 is 15.0 Å². The van der Waals surface area contributed by atoms with Gasteiger partial charge in [0.2, 0.25) is 0 Å². The third-order valence-corrected chi connectivity index (χ3v) is 5.27. The molecule has 1 amide bonds. The highest BCUT2D eigenvalue weighted by molar-refractivity contribution is 7.84. The Bertz CT molecular complexity index is 967. The molecule has 5 nitrogen and oxygen atoms in total. The van der Waals surface area contributed by atoms with Crippen LogP contribution < -0.4 is 15.0 Å². The number of ether oxygens (including phenoxy) is 1. The first-order chi connectivity index (χ1) is 13.8. The van der Waals surface area contributed by atoms with E-state index in [2.05, 4.69) is 50.8 Å². The first-order valence-electron chi connectivity index (χ1n) is 9.53. The minimum atomic E-state index is -0.473. The standard InChI is InChI=1S/C23H25N3O2S/c1-5-28-18-12-10-17(11-13-18)26-20(25-21(27)19(14-24)22(26)29)15-6-8-16(9-7-15)23(2,3)4/h6-13,20,29H,5H2,1-4H3,(H,25,27). The second kappa shape index (κ2) is 8.22. The number of nitrogens with zero attached hydrogens (tertiary/aromatic N) is 2. The minimum absolute atomic E-state index is 0.00946. The van der Waals surface area contributed by atoms with Crippen molar-refractivity contribution in [3.63, 3.8) is 0 Å². The molecule has 0 aromatic heterocycles. The fraction of sp³-hybridized carbons (Fsp3) is 0.304. The number of carbonyl (C=O) groups excluding carboxylic acids is 1. The van der Waals surface area contributed by atoms with Crippen LogP contribution in [0.1, 0.15) is 45.0 Å². The Labute approximate surface area is 177 Å². The molecule has 0 aliphatic carbocycles. The van der Waals surface area contributed by atoms with Crippen molar-refractivity contribution < 1.29 is 9.53 Å². The molecule has 1 atom stereocenters. The zero-order valence-corrected chi connectivity index (χ0v) is 18.0. The van der Waals surface area contributed by atoms with Crippen molar-refractivity contribution in [3.8, 4) is 11.8 Å². The van der Waals surface area contributed by atoms with Crippen LogP contribution in [0.5, 0.6) is 5.75 Å². The number of thiol groups is 1. The lowest BCUT2D eigenvalue weighted by molar-refractivity contribution is -0.118. The molecule has 0 bridgehead atoms. The van der Waals surface area contributed by atoms with Gasteiger partial charge >= 0.3 is 0 Å². The van der Waals surface area contributed by atoms with E-state index in [1.807, 2.05) is 54.3 Å². The van der Waals surface area contributed by atoms with E-state index in [0.717, 1.165) is 17.0 Å². The van der Waals surface area contributed by atoms with Crippen molar-refractivity contribution in [3.05, 3.63) is 70.3 Å². The lowest BCUT2D eigenvalue weighted by Crippen LogP contribution is -2.46. The van der Waals surface area contributed by atoms with Crippen LogP contribution in [0.15, 0.2) is 59.1 Å². The third-order valence-electron chi connectivity index (χ3n) is 4.84. The summed E-state index contributed by atoms with van der Waals surface area (Å²) in [6.07, 6.45) is -0.473. The van der Waals surface area contributed by atoms with Crippen molar-refractivity contribution in [2.24, 2.45) is 0 Å². The molecule has 1 aliphatic heterocycles. The third kappa shape index (κ3) is 4.25. The maximum atomic E-state index is 12.5. The van der Waals surface area contributed by atoms with Crippen molar-refractivity contribution >= 4 is 24.2 Å². The number of nitriles is 1. The molecule has 1 N–H and O–H groups in total. The molecule has 0 spiro atoms. The van der Waals surface area contributed by atoms with Gasteiger partial charge in [0.1, 0.15) is 23.6 Å². The van der Waals surface area contributed by atoms with Gasteiger partial charge in [0.25, 0.3) is 5.91 Å². The molecule has 1 heterocycles. The second-order valence-corrected chi connectivity index (χ2v) is 8.28. The molecule has 2 aromatic rings. The average Bonchev–Trinajstić information content (AvgIpc) is 2.68. The fourth-order valence-corrected chi connectivity index (χ4v) is 3.63. The van der Waals surface area contributed by atoms with Crippen LogP contribution in [0.4, 0.5) is 5.69 Å². The number of rotatable bonds is 4. The molecule has 1 aliphatic rings. The van der Waals surface area contributed by atoms with Gasteiger partial charge in [-0.3, -0.25) is 4.79 Å². The second-order valence-electron chi connectivity index (χ2n) is 7.86. The number of anilines is 1. The molecular formula is C23H25N3O2S. The highest BCUT2D eigenvalue weighted by Gasteiger charge is 2.34. The molecule has 3 rings (SSSR count). The summed E-state index contributed by atoms with van der Waals surface area (Å²) in [5.41, 5.74) is 2.94. The minimum Gasteiger partial charge on any atom is -0.494 e. The highest BCUT2D eigenvalue weighted by Crippen LogP contribution is 2.37. The summed E-state index contributed by atoms with van der Waals surface area (Å²) in [6, 6.07) is 17.6. The van der Waals surface area contributed by atoms with Crippen molar-refractivity contribution in [1.29, 1.82) is 5.26 Å². The molecule has 0 radical (unpaired) electrons. The van der Waals surface area contributed by atoms with Crippen LogP contribution in [0.2, 0.25) is 0 Å². The molecule has 150 valence electrons. The van der Waals surface area contributed by atoms with E-state index in [9.17, 15) is 10.1 Å². The Morgan fingerprint density at radius 2 is 1.76 bits per heavy atom. The molecule has 0 saturated carbocycles. The average molecular weight is 408 g/mol.